The molecule has 10 heteroatoms. The first kappa shape index (κ1) is 32.0. The number of methoxy groups -OCH3 is 1. The molecule has 0 saturated carbocycles. The minimum atomic E-state index is -1.85. The lowest BCUT2D eigenvalue weighted by Gasteiger charge is -2.51. The van der Waals surface area contributed by atoms with Crippen LogP contribution in [0.2, 0.25) is 0 Å². The fourth-order valence-electron chi connectivity index (χ4n) is 6.57. The van der Waals surface area contributed by atoms with Crippen LogP contribution in [-0.2, 0) is 24.7 Å². The molecule has 2 N–H and O–H groups in total. The van der Waals surface area contributed by atoms with Crippen LogP contribution < -0.4 is 11.0 Å². The Labute approximate surface area is 272 Å². The zero-order valence-electron chi connectivity index (χ0n) is 25.9. The van der Waals surface area contributed by atoms with Crippen molar-refractivity contribution < 1.29 is 29.1 Å². The third kappa shape index (κ3) is 5.78. The molecule has 10 nitrogen and oxygen atoms in total. The van der Waals surface area contributed by atoms with Crippen molar-refractivity contribution >= 4 is 11.7 Å². The molecule has 2 heterocycles. The van der Waals surface area contributed by atoms with Crippen LogP contribution in [0, 0.1) is 0 Å². The number of amides is 1. The molecule has 47 heavy (non-hydrogen) atoms. The van der Waals surface area contributed by atoms with Crippen LogP contribution >= 0.6 is 0 Å². The molecule has 0 radical (unpaired) electrons. The standard InChI is InChI=1S/C37H35N3O7/c1-44-37(47-45-2,36(27-17-9-4-10-18-27,28-19-11-5-12-20-28)29-21-13-6-14-22-29)33-30(41)25-32(46-33)40-24-23-31(39-35(40)43)38-34(42)26-15-7-3-8-16-26/h3-24,30,32-33,41H,25H2,1-2H3,(H,38,39,42,43)/t30-,32+,33-,37-/m0/s1. The van der Waals surface area contributed by atoms with Gasteiger partial charge in [0.25, 0.3) is 5.91 Å². The highest BCUT2D eigenvalue weighted by atomic mass is 17.2. The van der Waals surface area contributed by atoms with Crippen LogP contribution in [0.1, 0.15) is 39.7 Å². The third-order valence-electron chi connectivity index (χ3n) is 8.54. The van der Waals surface area contributed by atoms with Gasteiger partial charge in [0.05, 0.1) is 13.2 Å². The summed E-state index contributed by atoms with van der Waals surface area (Å²) >= 11 is 0. The van der Waals surface area contributed by atoms with E-state index in [1.807, 2.05) is 91.0 Å². The highest BCUT2D eigenvalue weighted by Gasteiger charge is 2.66. The van der Waals surface area contributed by atoms with Crippen molar-refractivity contribution in [1.29, 1.82) is 0 Å². The van der Waals surface area contributed by atoms with Crippen LogP contribution in [0.5, 0.6) is 0 Å². The van der Waals surface area contributed by atoms with E-state index in [9.17, 15) is 14.7 Å². The van der Waals surface area contributed by atoms with E-state index in [-0.39, 0.29) is 12.2 Å². The summed E-state index contributed by atoms with van der Waals surface area (Å²) in [6, 6.07) is 39.1. The maximum absolute atomic E-state index is 13.3. The van der Waals surface area contributed by atoms with Gasteiger partial charge >= 0.3 is 5.69 Å². The first-order valence-electron chi connectivity index (χ1n) is 15.2. The Kier molecular flexibility index (Phi) is 9.39. The Morgan fingerprint density at radius 1 is 0.830 bits per heavy atom. The van der Waals surface area contributed by atoms with Crippen LogP contribution in [0.3, 0.4) is 0 Å². The van der Waals surface area contributed by atoms with E-state index in [0.29, 0.717) is 5.56 Å². The van der Waals surface area contributed by atoms with Crippen LogP contribution in [0.4, 0.5) is 5.82 Å². The molecule has 4 aromatic carbocycles. The number of nitrogens with one attached hydrogen (secondary N) is 1. The number of ether oxygens (including phenoxy) is 2. The van der Waals surface area contributed by atoms with Gasteiger partial charge in [0.1, 0.15) is 23.6 Å². The lowest BCUT2D eigenvalue weighted by Crippen LogP contribution is -2.65. The number of aliphatic hydroxyl groups is 1. The van der Waals surface area contributed by atoms with E-state index < -0.39 is 41.2 Å². The number of anilines is 1. The predicted octanol–water partition coefficient (Wildman–Crippen LogP) is 5.10. The molecular formula is C37H35N3O7. The van der Waals surface area contributed by atoms with Gasteiger partial charge in [-0.05, 0) is 34.9 Å². The van der Waals surface area contributed by atoms with E-state index >= 15 is 0 Å². The first-order chi connectivity index (χ1) is 22.9. The topological polar surface area (TPSA) is 121 Å². The number of nitrogens with zero attached hydrogens (tertiary/aromatic N) is 2. The van der Waals surface area contributed by atoms with Gasteiger partial charge in [-0.1, -0.05) is 109 Å². The Morgan fingerprint density at radius 2 is 1.34 bits per heavy atom. The minimum Gasteiger partial charge on any atom is -0.390 e. The largest absolute Gasteiger partial charge is 0.390 e. The van der Waals surface area contributed by atoms with Gasteiger partial charge in [0.2, 0.25) is 5.79 Å². The fraction of sp³-hybridized carbons (Fsp3) is 0.216. The van der Waals surface area contributed by atoms with Crippen LogP contribution in [0.25, 0.3) is 0 Å². The molecule has 6 rings (SSSR count). The summed E-state index contributed by atoms with van der Waals surface area (Å²) in [7, 11) is 2.85. The number of carbonyl (C=O) groups excluding carboxylic acids is 1. The van der Waals surface area contributed by atoms with Crippen molar-refractivity contribution in [3.8, 4) is 0 Å². The maximum Gasteiger partial charge on any atom is 0.351 e. The molecule has 1 fully saturated rings. The quantitative estimate of drug-likeness (QED) is 0.0893. The van der Waals surface area contributed by atoms with E-state index in [0.717, 1.165) is 16.7 Å². The number of aliphatic hydroxyl groups excluding tert-OH is 1. The average Bonchev–Trinajstić information content (AvgIpc) is 3.51. The summed E-state index contributed by atoms with van der Waals surface area (Å²) in [6.45, 7) is 0. The van der Waals surface area contributed by atoms with Gasteiger partial charge in [-0.25, -0.2) is 9.68 Å². The molecule has 0 bridgehead atoms. The fourth-order valence-corrected chi connectivity index (χ4v) is 6.57. The van der Waals surface area contributed by atoms with Gasteiger partial charge in [-0.3, -0.25) is 9.36 Å². The van der Waals surface area contributed by atoms with Crippen molar-refractivity contribution in [3.05, 3.63) is 166 Å². The normalized spacial score (nSPS) is 19.2. The zero-order valence-corrected chi connectivity index (χ0v) is 25.9. The molecule has 4 atom stereocenters. The Bertz CT molecular complexity index is 1740. The maximum atomic E-state index is 13.3. The molecule has 1 saturated heterocycles. The summed E-state index contributed by atoms with van der Waals surface area (Å²) in [5, 5.41) is 14.4. The van der Waals surface area contributed by atoms with Crippen molar-refractivity contribution in [2.24, 2.45) is 0 Å². The van der Waals surface area contributed by atoms with Gasteiger partial charge in [0, 0.05) is 25.3 Å². The second-order valence-corrected chi connectivity index (χ2v) is 11.1. The lowest BCUT2D eigenvalue weighted by molar-refractivity contribution is -0.452. The Morgan fingerprint density at radius 3 is 1.81 bits per heavy atom. The lowest BCUT2D eigenvalue weighted by atomic mass is 9.61. The number of hydrogen-bond donors (Lipinski definition) is 2. The number of hydrogen-bond acceptors (Lipinski definition) is 8. The average molecular weight is 634 g/mol. The number of benzene rings is 4. The van der Waals surface area contributed by atoms with Crippen molar-refractivity contribution in [1.82, 2.24) is 9.55 Å². The van der Waals surface area contributed by atoms with E-state index in [4.69, 9.17) is 19.2 Å². The van der Waals surface area contributed by atoms with Crippen LogP contribution in [0.15, 0.2) is 138 Å². The molecular weight excluding hydrogens is 598 g/mol. The minimum absolute atomic E-state index is 0.00854. The van der Waals surface area contributed by atoms with Gasteiger partial charge in [-0.15, -0.1) is 0 Å². The van der Waals surface area contributed by atoms with E-state index in [1.54, 1.807) is 30.3 Å². The Hall–Kier alpha value is -4.97. The van der Waals surface area contributed by atoms with Crippen LogP contribution in [-0.4, -0.2) is 52.8 Å². The molecule has 0 spiro atoms. The monoisotopic (exact) mass is 633 g/mol. The summed E-state index contributed by atoms with van der Waals surface area (Å²) in [5.41, 5.74) is 0.839. The molecule has 1 aliphatic heterocycles. The SMILES string of the molecule is COO[C@@](OC)([C@H]1O[C@@H](n2ccc(NC(=O)c3ccccc3)nc2=O)C[C@@H]1O)C(c1ccccc1)(c1ccccc1)c1ccccc1. The highest BCUT2D eigenvalue weighted by Crippen LogP contribution is 2.54. The molecule has 5 aromatic rings. The van der Waals surface area contributed by atoms with E-state index in [2.05, 4.69) is 10.3 Å². The number of aromatic nitrogens is 2. The summed E-state index contributed by atoms with van der Waals surface area (Å²) < 4.78 is 14.2. The molecule has 1 amide bonds. The smallest absolute Gasteiger partial charge is 0.351 e. The van der Waals surface area contributed by atoms with Crippen molar-refractivity contribution in [3.63, 3.8) is 0 Å². The number of carbonyl (C=O) groups is 1. The second kappa shape index (κ2) is 13.8. The summed E-state index contributed by atoms with van der Waals surface area (Å²) in [6.07, 6.45) is -1.85. The summed E-state index contributed by atoms with van der Waals surface area (Å²) in [5.74, 6) is -2.16. The van der Waals surface area contributed by atoms with Gasteiger partial charge < -0.3 is 19.9 Å². The van der Waals surface area contributed by atoms with Gasteiger partial charge in [0.15, 0.2) is 0 Å². The molecule has 0 unspecified atom stereocenters. The zero-order chi connectivity index (χ0) is 32.9. The first-order valence-corrected chi connectivity index (χ1v) is 15.2. The highest BCUT2D eigenvalue weighted by molar-refractivity contribution is 6.03. The number of rotatable bonds is 11. The van der Waals surface area contributed by atoms with E-state index in [1.165, 1.54) is 31.0 Å². The molecule has 1 aliphatic rings. The molecule has 240 valence electrons. The predicted molar refractivity (Wildman–Crippen MR) is 174 cm³/mol. The second-order valence-electron chi connectivity index (χ2n) is 11.1. The third-order valence-corrected chi connectivity index (χ3v) is 8.54. The summed E-state index contributed by atoms with van der Waals surface area (Å²) in [4.78, 5) is 41.7. The molecule has 0 aliphatic carbocycles. The van der Waals surface area contributed by atoms with Crippen molar-refractivity contribution in [2.75, 3.05) is 19.5 Å². The molecule has 1 aromatic heterocycles. The van der Waals surface area contributed by atoms with Crippen molar-refractivity contribution in [2.45, 2.75) is 36.1 Å². The Balaban J connectivity index is 1.44. The van der Waals surface area contributed by atoms with Gasteiger partial charge in [-0.2, -0.15) is 9.87 Å².